The molecule has 0 atom stereocenters. The topological polar surface area (TPSA) is 71.5 Å². The molecule has 0 bridgehead atoms. The lowest BCUT2D eigenvalue weighted by Gasteiger charge is -2.16. The molecule has 1 aliphatic rings. The highest BCUT2D eigenvalue weighted by Crippen LogP contribution is 2.26. The molecule has 1 heterocycles. The molecule has 1 aromatic heterocycles. The molecule has 5 nitrogen and oxygen atoms in total. The molecule has 1 aromatic carbocycles. The van der Waals surface area contributed by atoms with E-state index in [1.54, 1.807) is 6.07 Å². The van der Waals surface area contributed by atoms with Gasteiger partial charge >= 0.3 is 6.09 Å². The molecule has 0 saturated carbocycles. The van der Waals surface area contributed by atoms with Gasteiger partial charge in [-0.25, -0.2) is 9.18 Å². The van der Waals surface area contributed by atoms with Gasteiger partial charge in [0.05, 0.1) is 11.8 Å². The maximum Gasteiger partial charge on any atom is 0.404 e. The molecule has 3 rings (SSSR count). The molecule has 0 unspecified atom stereocenters. The molecule has 0 fully saturated rings. The van der Waals surface area contributed by atoms with Crippen molar-refractivity contribution in [2.24, 2.45) is 0 Å². The number of nitrogens with one attached hydrogen (secondary N) is 1. The predicted octanol–water partition coefficient (Wildman–Crippen LogP) is 3.61. The van der Waals surface area contributed by atoms with Crippen molar-refractivity contribution in [3.8, 4) is 5.75 Å². The van der Waals surface area contributed by atoms with Crippen molar-refractivity contribution in [3.63, 3.8) is 0 Å². The molecule has 0 saturated heterocycles. The third-order valence-corrected chi connectivity index (χ3v) is 4.11. The Labute approximate surface area is 139 Å². The summed E-state index contributed by atoms with van der Waals surface area (Å²) < 4.78 is 18.3. The summed E-state index contributed by atoms with van der Waals surface area (Å²) in [6, 6.07) is 7.73. The van der Waals surface area contributed by atoms with Gasteiger partial charge in [-0.1, -0.05) is 0 Å². The number of halogens is 1. The van der Waals surface area contributed by atoms with Crippen LogP contribution in [0.15, 0.2) is 36.2 Å². The number of ether oxygens (including phenoxy) is 1. The molecule has 0 radical (unpaired) electrons. The standard InChI is InChI=1S/C18H19FN2O3/c19-9-12(10-20-18(22)23)11-24-15-5-6-17-14(8-15)7-13-3-1-2-4-16(13)21-17/h5-9,20H,1-4,10-11H2,(H,22,23)/b12-9+. The minimum atomic E-state index is -1.20. The van der Waals surface area contributed by atoms with Crippen LogP contribution in [0.3, 0.4) is 0 Å². The summed E-state index contributed by atoms with van der Waals surface area (Å²) in [7, 11) is 0. The van der Waals surface area contributed by atoms with Crippen LogP contribution in [0.4, 0.5) is 9.18 Å². The SMILES string of the molecule is O=C(O)NC/C(=C\F)COc1ccc2nc3c(cc2c1)CCCC3. The van der Waals surface area contributed by atoms with Crippen LogP contribution in [-0.4, -0.2) is 29.3 Å². The third kappa shape index (κ3) is 3.82. The first-order valence-corrected chi connectivity index (χ1v) is 7.96. The zero-order chi connectivity index (χ0) is 16.9. The van der Waals surface area contributed by atoms with Crippen molar-refractivity contribution < 1.29 is 19.0 Å². The number of aryl methyl sites for hydroxylation is 2. The summed E-state index contributed by atoms with van der Waals surface area (Å²) in [5.41, 5.74) is 3.63. The summed E-state index contributed by atoms with van der Waals surface area (Å²) >= 11 is 0. The van der Waals surface area contributed by atoms with Crippen molar-refractivity contribution in [2.75, 3.05) is 13.2 Å². The number of hydrogen-bond acceptors (Lipinski definition) is 3. The lowest BCUT2D eigenvalue weighted by molar-refractivity contribution is 0.195. The second kappa shape index (κ2) is 7.29. The maximum atomic E-state index is 12.8. The van der Waals surface area contributed by atoms with E-state index in [4.69, 9.17) is 14.8 Å². The van der Waals surface area contributed by atoms with Crippen molar-refractivity contribution in [3.05, 3.63) is 47.4 Å². The van der Waals surface area contributed by atoms with Crippen molar-refractivity contribution in [2.45, 2.75) is 25.7 Å². The van der Waals surface area contributed by atoms with Crippen LogP contribution in [0, 0.1) is 0 Å². The van der Waals surface area contributed by atoms with Gasteiger partial charge in [0, 0.05) is 23.2 Å². The van der Waals surface area contributed by atoms with Gasteiger partial charge in [0.15, 0.2) is 0 Å². The minimum Gasteiger partial charge on any atom is -0.489 e. The lowest BCUT2D eigenvalue weighted by atomic mass is 9.95. The number of hydrogen-bond donors (Lipinski definition) is 2. The Kier molecular flexibility index (Phi) is 4.93. The summed E-state index contributed by atoms with van der Waals surface area (Å²) in [4.78, 5) is 15.2. The largest absolute Gasteiger partial charge is 0.489 e. The average Bonchev–Trinajstić information content (AvgIpc) is 2.59. The van der Waals surface area contributed by atoms with Crippen LogP contribution in [0.2, 0.25) is 0 Å². The molecule has 0 aliphatic heterocycles. The Balaban J connectivity index is 1.72. The van der Waals surface area contributed by atoms with Crippen LogP contribution in [0.5, 0.6) is 5.75 Å². The van der Waals surface area contributed by atoms with E-state index < -0.39 is 6.09 Å². The highest BCUT2D eigenvalue weighted by atomic mass is 19.1. The third-order valence-electron chi connectivity index (χ3n) is 4.11. The molecule has 2 aromatic rings. The van der Waals surface area contributed by atoms with E-state index in [-0.39, 0.29) is 18.7 Å². The van der Waals surface area contributed by atoms with E-state index in [1.807, 2.05) is 12.1 Å². The van der Waals surface area contributed by atoms with E-state index in [1.165, 1.54) is 24.1 Å². The molecule has 2 N–H and O–H groups in total. The maximum absolute atomic E-state index is 12.8. The fourth-order valence-electron chi connectivity index (χ4n) is 2.86. The normalized spacial score (nSPS) is 14.3. The number of nitrogens with zero attached hydrogens (tertiary/aromatic N) is 1. The molecule has 126 valence electrons. The monoisotopic (exact) mass is 330 g/mol. The van der Waals surface area contributed by atoms with E-state index in [2.05, 4.69) is 11.4 Å². The first-order chi connectivity index (χ1) is 11.7. The fourth-order valence-corrected chi connectivity index (χ4v) is 2.86. The van der Waals surface area contributed by atoms with Crippen LogP contribution in [0.1, 0.15) is 24.1 Å². The molecule has 24 heavy (non-hydrogen) atoms. The Bertz CT molecular complexity index is 789. The summed E-state index contributed by atoms with van der Waals surface area (Å²) in [6.45, 7) is -0.116. The predicted molar refractivity (Wildman–Crippen MR) is 89.1 cm³/mol. The van der Waals surface area contributed by atoms with Crippen LogP contribution in [0.25, 0.3) is 10.9 Å². The first-order valence-electron chi connectivity index (χ1n) is 7.96. The number of rotatable bonds is 5. The summed E-state index contributed by atoms with van der Waals surface area (Å²) in [6.07, 6.45) is 3.64. The Morgan fingerprint density at radius 2 is 2.17 bits per heavy atom. The molecule has 1 amide bonds. The number of carboxylic acid groups (broad SMARTS) is 1. The fraction of sp³-hybridized carbons (Fsp3) is 0.333. The highest BCUT2D eigenvalue weighted by Gasteiger charge is 2.12. The molecule has 0 spiro atoms. The van der Waals surface area contributed by atoms with Crippen molar-refractivity contribution >= 4 is 17.0 Å². The van der Waals surface area contributed by atoms with Gasteiger partial charge in [-0.15, -0.1) is 0 Å². The summed E-state index contributed by atoms with van der Waals surface area (Å²) in [5, 5.41) is 11.7. The number of fused-ring (bicyclic) bond motifs is 2. The highest BCUT2D eigenvalue weighted by molar-refractivity contribution is 5.81. The van der Waals surface area contributed by atoms with Gasteiger partial charge < -0.3 is 15.2 Å². The van der Waals surface area contributed by atoms with Crippen LogP contribution in [-0.2, 0) is 12.8 Å². The Morgan fingerprint density at radius 1 is 1.33 bits per heavy atom. The number of amides is 1. The number of pyridine rings is 1. The van der Waals surface area contributed by atoms with Gasteiger partial charge in [0.1, 0.15) is 12.4 Å². The summed E-state index contributed by atoms with van der Waals surface area (Å²) in [5.74, 6) is 0.606. The second-order valence-corrected chi connectivity index (χ2v) is 5.87. The average molecular weight is 330 g/mol. The van der Waals surface area contributed by atoms with Crippen LogP contribution >= 0.6 is 0 Å². The molecular weight excluding hydrogens is 311 g/mol. The molecule has 1 aliphatic carbocycles. The quantitative estimate of drug-likeness (QED) is 0.878. The van der Waals surface area contributed by atoms with Gasteiger partial charge in [-0.2, -0.15) is 0 Å². The second-order valence-electron chi connectivity index (χ2n) is 5.87. The Hall–Kier alpha value is -2.63. The van der Waals surface area contributed by atoms with E-state index in [0.29, 0.717) is 12.1 Å². The smallest absolute Gasteiger partial charge is 0.404 e. The van der Waals surface area contributed by atoms with Gasteiger partial charge in [-0.3, -0.25) is 4.98 Å². The Morgan fingerprint density at radius 3 is 2.96 bits per heavy atom. The van der Waals surface area contributed by atoms with Gasteiger partial charge in [-0.05, 0) is 55.5 Å². The van der Waals surface area contributed by atoms with E-state index in [9.17, 15) is 9.18 Å². The molecule has 6 heteroatoms. The van der Waals surface area contributed by atoms with Gasteiger partial charge in [0.25, 0.3) is 0 Å². The van der Waals surface area contributed by atoms with Crippen molar-refractivity contribution in [1.82, 2.24) is 10.3 Å². The zero-order valence-corrected chi connectivity index (χ0v) is 13.2. The minimum absolute atomic E-state index is 0.0132. The van der Waals surface area contributed by atoms with Crippen molar-refractivity contribution in [1.29, 1.82) is 0 Å². The molecular formula is C18H19FN2O3. The number of carbonyl (C=O) groups is 1. The lowest BCUT2D eigenvalue weighted by Crippen LogP contribution is -2.25. The number of aromatic nitrogens is 1. The van der Waals surface area contributed by atoms with E-state index in [0.717, 1.165) is 23.7 Å². The van der Waals surface area contributed by atoms with E-state index >= 15 is 0 Å². The zero-order valence-electron chi connectivity index (χ0n) is 13.2. The number of benzene rings is 1. The first kappa shape index (κ1) is 16.2. The van der Waals surface area contributed by atoms with Crippen LogP contribution < -0.4 is 10.1 Å². The van der Waals surface area contributed by atoms with Gasteiger partial charge in [0.2, 0.25) is 0 Å².